The number of aromatic nitrogens is 2. The van der Waals surface area contributed by atoms with Gasteiger partial charge in [0.15, 0.2) is 0 Å². The van der Waals surface area contributed by atoms with Crippen LogP contribution in [0.5, 0.6) is 0 Å². The van der Waals surface area contributed by atoms with Gasteiger partial charge in [0.05, 0.1) is 6.20 Å². The van der Waals surface area contributed by atoms with Crippen molar-refractivity contribution in [3.8, 4) is 0 Å². The second-order valence-corrected chi connectivity index (χ2v) is 3.86. The van der Waals surface area contributed by atoms with Crippen LogP contribution in [0, 0.1) is 0 Å². The van der Waals surface area contributed by atoms with E-state index in [0.717, 1.165) is 32.6 Å². The third kappa shape index (κ3) is 3.94. The lowest BCUT2D eigenvalue weighted by atomic mass is 10.1. The standard InChI is InChI=1S/C12H23N3O/c1-4-7-15-10-11(9-14-15)12(13-3)6-8-16-5-2/h9-10,12-13H,4-8H2,1-3H3. The predicted octanol–water partition coefficient (Wildman–Crippen LogP) is 1.98. The van der Waals surface area contributed by atoms with Crippen LogP contribution in [0.25, 0.3) is 0 Å². The minimum atomic E-state index is 0.345. The molecule has 1 aromatic rings. The number of aryl methyl sites for hydroxylation is 1. The topological polar surface area (TPSA) is 39.1 Å². The zero-order valence-corrected chi connectivity index (χ0v) is 10.6. The number of ether oxygens (including phenoxy) is 1. The first-order valence-electron chi connectivity index (χ1n) is 6.09. The lowest BCUT2D eigenvalue weighted by Gasteiger charge is -2.13. The highest BCUT2D eigenvalue weighted by molar-refractivity contribution is 5.10. The van der Waals surface area contributed by atoms with Crippen LogP contribution < -0.4 is 5.32 Å². The molecule has 1 aromatic heterocycles. The molecule has 0 amide bonds. The molecule has 1 N–H and O–H groups in total. The van der Waals surface area contributed by atoms with Gasteiger partial charge in [-0.25, -0.2) is 0 Å². The summed E-state index contributed by atoms with van der Waals surface area (Å²) in [4.78, 5) is 0. The van der Waals surface area contributed by atoms with Crippen molar-refractivity contribution in [1.82, 2.24) is 15.1 Å². The van der Waals surface area contributed by atoms with Crippen molar-refractivity contribution in [3.63, 3.8) is 0 Å². The SMILES string of the molecule is CCCn1cc(C(CCOCC)NC)cn1. The van der Waals surface area contributed by atoms with Gasteiger partial charge in [0, 0.05) is 37.6 Å². The molecule has 0 saturated heterocycles. The van der Waals surface area contributed by atoms with Crippen molar-refractivity contribution in [1.29, 1.82) is 0 Å². The molecular formula is C12H23N3O. The summed E-state index contributed by atoms with van der Waals surface area (Å²) >= 11 is 0. The number of hydrogen-bond donors (Lipinski definition) is 1. The fourth-order valence-corrected chi connectivity index (χ4v) is 1.73. The summed E-state index contributed by atoms with van der Waals surface area (Å²) in [6.45, 7) is 6.74. The van der Waals surface area contributed by atoms with Gasteiger partial charge >= 0.3 is 0 Å². The first kappa shape index (κ1) is 13.2. The first-order chi connectivity index (χ1) is 7.81. The number of nitrogens with one attached hydrogen (secondary N) is 1. The largest absolute Gasteiger partial charge is 0.382 e. The van der Waals surface area contributed by atoms with Gasteiger partial charge in [-0.2, -0.15) is 5.10 Å². The van der Waals surface area contributed by atoms with Crippen LogP contribution in [0.4, 0.5) is 0 Å². The van der Waals surface area contributed by atoms with E-state index in [2.05, 4.69) is 23.5 Å². The maximum Gasteiger partial charge on any atom is 0.0537 e. The summed E-state index contributed by atoms with van der Waals surface area (Å²) in [5, 5.41) is 7.64. The Hall–Kier alpha value is -0.870. The number of rotatable bonds is 8. The molecule has 0 bridgehead atoms. The van der Waals surface area contributed by atoms with E-state index in [-0.39, 0.29) is 0 Å². The molecule has 1 unspecified atom stereocenters. The monoisotopic (exact) mass is 225 g/mol. The van der Waals surface area contributed by atoms with E-state index in [1.807, 2.05) is 24.9 Å². The van der Waals surface area contributed by atoms with Gasteiger partial charge in [0.25, 0.3) is 0 Å². The molecule has 1 rings (SSSR count). The molecule has 0 aliphatic carbocycles. The highest BCUT2D eigenvalue weighted by atomic mass is 16.5. The maximum absolute atomic E-state index is 5.37. The Labute approximate surface area is 98.0 Å². The Morgan fingerprint density at radius 2 is 2.31 bits per heavy atom. The molecular weight excluding hydrogens is 202 g/mol. The van der Waals surface area contributed by atoms with Gasteiger partial charge in [-0.05, 0) is 26.8 Å². The molecule has 0 radical (unpaired) electrons. The van der Waals surface area contributed by atoms with Gasteiger partial charge in [0.1, 0.15) is 0 Å². The Morgan fingerprint density at radius 1 is 1.50 bits per heavy atom. The van der Waals surface area contributed by atoms with Gasteiger partial charge in [-0.3, -0.25) is 4.68 Å². The summed E-state index contributed by atoms with van der Waals surface area (Å²) in [6.07, 6.45) is 6.17. The van der Waals surface area contributed by atoms with E-state index in [4.69, 9.17) is 4.74 Å². The van der Waals surface area contributed by atoms with Crippen LogP contribution in [0.15, 0.2) is 12.4 Å². The molecule has 0 saturated carbocycles. The molecule has 4 nitrogen and oxygen atoms in total. The van der Waals surface area contributed by atoms with Crippen LogP contribution in [0.3, 0.4) is 0 Å². The molecule has 0 aromatic carbocycles. The fraction of sp³-hybridized carbons (Fsp3) is 0.750. The molecule has 92 valence electrons. The number of nitrogens with zero attached hydrogens (tertiary/aromatic N) is 2. The summed E-state index contributed by atoms with van der Waals surface area (Å²) in [7, 11) is 1.98. The minimum absolute atomic E-state index is 0.345. The fourth-order valence-electron chi connectivity index (χ4n) is 1.73. The van der Waals surface area contributed by atoms with Crippen LogP contribution in [-0.4, -0.2) is 30.0 Å². The Kier molecular flexibility index (Phi) is 6.11. The van der Waals surface area contributed by atoms with E-state index in [1.165, 1.54) is 5.56 Å². The highest BCUT2D eigenvalue weighted by Gasteiger charge is 2.10. The summed E-state index contributed by atoms with van der Waals surface area (Å²) < 4.78 is 7.37. The zero-order valence-electron chi connectivity index (χ0n) is 10.6. The van der Waals surface area contributed by atoms with E-state index in [0.29, 0.717) is 6.04 Å². The quantitative estimate of drug-likeness (QED) is 0.688. The van der Waals surface area contributed by atoms with Crippen molar-refractivity contribution in [2.24, 2.45) is 0 Å². The second kappa shape index (κ2) is 7.41. The lowest BCUT2D eigenvalue weighted by Crippen LogP contribution is -2.18. The van der Waals surface area contributed by atoms with Crippen molar-refractivity contribution in [2.75, 3.05) is 20.3 Å². The molecule has 0 aliphatic rings. The van der Waals surface area contributed by atoms with Crippen LogP contribution in [-0.2, 0) is 11.3 Å². The summed E-state index contributed by atoms with van der Waals surface area (Å²) in [6, 6.07) is 0.345. The lowest BCUT2D eigenvalue weighted by molar-refractivity contribution is 0.137. The van der Waals surface area contributed by atoms with Gasteiger partial charge in [-0.15, -0.1) is 0 Å². The average Bonchev–Trinajstić information content (AvgIpc) is 2.74. The number of hydrogen-bond acceptors (Lipinski definition) is 3. The van der Waals surface area contributed by atoms with Crippen molar-refractivity contribution >= 4 is 0 Å². The molecule has 0 spiro atoms. The molecule has 1 atom stereocenters. The van der Waals surface area contributed by atoms with E-state index in [9.17, 15) is 0 Å². The Morgan fingerprint density at radius 3 is 2.94 bits per heavy atom. The Bertz CT molecular complexity index is 286. The highest BCUT2D eigenvalue weighted by Crippen LogP contribution is 2.15. The van der Waals surface area contributed by atoms with Gasteiger partial charge in [-0.1, -0.05) is 6.92 Å². The Balaban J connectivity index is 2.49. The second-order valence-electron chi connectivity index (χ2n) is 3.86. The van der Waals surface area contributed by atoms with Crippen LogP contribution >= 0.6 is 0 Å². The minimum Gasteiger partial charge on any atom is -0.382 e. The first-order valence-corrected chi connectivity index (χ1v) is 6.09. The average molecular weight is 225 g/mol. The van der Waals surface area contributed by atoms with E-state index >= 15 is 0 Å². The molecule has 4 heteroatoms. The van der Waals surface area contributed by atoms with Crippen molar-refractivity contribution in [2.45, 2.75) is 39.3 Å². The molecule has 0 aliphatic heterocycles. The van der Waals surface area contributed by atoms with Crippen molar-refractivity contribution in [3.05, 3.63) is 18.0 Å². The molecule has 1 heterocycles. The molecule has 0 fully saturated rings. The smallest absolute Gasteiger partial charge is 0.0537 e. The normalized spacial score (nSPS) is 12.9. The van der Waals surface area contributed by atoms with Crippen LogP contribution in [0.2, 0.25) is 0 Å². The van der Waals surface area contributed by atoms with Gasteiger partial charge < -0.3 is 10.1 Å². The van der Waals surface area contributed by atoms with Crippen LogP contribution in [0.1, 0.15) is 38.3 Å². The van der Waals surface area contributed by atoms with E-state index < -0.39 is 0 Å². The van der Waals surface area contributed by atoms with Crippen molar-refractivity contribution < 1.29 is 4.74 Å². The summed E-state index contributed by atoms with van der Waals surface area (Å²) in [5.41, 5.74) is 1.25. The summed E-state index contributed by atoms with van der Waals surface area (Å²) in [5.74, 6) is 0. The maximum atomic E-state index is 5.37. The zero-order chi connectivity index (χ0) is 11.8. The third-order valence-corrected chi connectivity index (χ3v) is 2.61. The predicted molar refractivity (Wildman–Crippen MR) is 65.4 cm³/mol. The van der Waals surface area contributed by atoms with E-state index in [1.54, 1.807) is 0 Å². The molecule has 16 heavy (non-hydrogen) atoms. The van der Waals surface area contributed by atoms with Gasteiger partial charge in [0.2, 0.25) is 0 Å². The third-order valence-electron chi connectivity index (χ3n) is 2.61.